The van der Waals surface area contributed by atoms with Crippen LogP contribution in [0.15, 0.2) is 12.2 Å². The van der Waals surface area contributed by atoms with E-state index >= 15 is 0 Å². The molecule has 1 aliphatic heterocycles. The fraction of sp³-hybridized carbons (Fsp3) is 0.733. The van der Waals surface area contributed by atoms with Crippen molar-refractivity contribution in [1.29, 1.82) is 0 Å². The van der Waals surface area contributed by atoms with Gasteiger partial charge in [0, 0.05) is 39.3 Å². The highest BCUT2D eigenvalue weighted by Gasteiger charge is 2.33. The Morgan fingerprint density at radius 2 is 1.76 bits per heavy atom. The number of likely N-dealkylation sites (N-methyl/N-ethyl adjacent to an activating group) is 1. The zero-order valence-electron chi connectivity index (χ0n) is 12.6. The van der Waals surface area contributed by atoms with Gasteiger partial charge in [-0.1, -0.05) is 12.2 Å². The number of carbonyl (C=O) groups is 2. The van der Waals surface area contributed by atoms with Crippen LogP contribution in [-0.2, 0) is 9.59 Å². The molecule has 1 aliphatic carbocycles. The minimum atomic E-state index is -0.876. The van der Waals surface area contributed by atoms with Crippen LogP contribution in [0.1, 0.15) is 12.8 Å². The Kier molecular flexibility index (Phi) is 5.76. The van der Waals surface area contributed by atoms with Gasteiger partial charge in [0.05, 0.1) is 11.8 Å². The number of carbonyl (C=O) groups excluding carboxylic acids is 1. The number of allylic oxidation sites excluding steroid dienone is 2. The summed E-state index contributed by atoms with van der Waals surface area (Å²) in [6.07, 6.45) is 4.74. The first-order valence-electron chi connectivity index (χ1n) is 7.64. The standard InChI is InChI=1S/C15H25N3O3/c1-17-8-10-18(11-9-17)7-6-16-14(19)12-4-2-3-5-13(12)15(20)21/h2-3,12-13H,4-11H2,1H3,(H,16,19)(H,20,21)/t12-,13+/m1/s1. The van der Waals surface area contributed by atoms with Crippen LogP contribution < -0.4 is 5.32 Å². The summed E-state index contributed by atoms with van der Waals surface area (Å²) < 4.78 is 0. The average Bonchev–Trinajstić information content (AvgIpc) is 2.49. The van der Waals surface area contributed by atoms with Gasteiger partial charge in [-0.15, -0.1) is 0 Å². The fourth-order valence-electron chi connectivity index (χ4n) is 2.92. The van der Waals surface area contributed by atoms with Gasteiger partial charge in [-0.25, -0.2) is 0 Å². The highest BCUT2D eigenvalue weighted by molar-refractivity contribution is 5.85. The van der Waals surface area contributed by atoms with Gasteiger partial charge in [0.15, 0.2) is 0 Å². The summed E-state index contributed by atoms with van der Waals surface area (Å²) in [6, 6.07) is 0. The lowest BCUT2D eigenvalue weighted by molar-refractivity contribution is -0.147. The molecule has 0 aromatic rings. The molecule has 2 N–H and O–H groups in total. The van der Waals surface area contributed by atoms with Crippen LogP contribution in [0.4, 0.5) is 0 Å². The van der Waals surface area contributed by atoms with Crippen LogP contribution in [0.25, 0.3) is 0 Å². The Balaban J connectivity index is 1.73. The maximum absolute atomic E-state index is 12.2. The van der Waals surface area contributed by atoms with Crippen molar-refractivity contribution < 1.29 is 14.7 Å². The van der Waals surface area contributed by atoms with Crippen LogP contribution >= 0.6 is 0 Å². The van der Waals surface area contributed by atoms with Gasteiger partial charge in [-0.05, 0) is 19.9 Å². The molecule has 6 nitrogen and oxygen atoms in total. The molecule has 2 atom stereocenters. The lowest BCUT2D eigenvalue weighted by atomic mass is 9.82. The molecule has 1 fully saturated rings. The van der Waals surface area contributed by atoms with E-state index < -0.39 is 17.8 Å². The molecule has 6 heteroatoms. The number of rotatable bonds is 5. The summed E-state index contributed by atoms with van der Waals surface area (Å²) in [7, 11) is 2.11. The summed E-state index contributed by atoms with van der Waals surface area (Å²) in [6.45, 7) is 5.59. The third-order valence-corrected chi connectivity index (χ3v) is 4.41. The predicted molar refractivity (Wildman–Crippen MR) is 79.9 cm³/mol. The van der Waals surface area contributed by atoms with E-state index in [0.29, 0.717) is 19.4 Å². The minimum Gasteiger partial charge on any atom is -0.481 e. The number of aliphatic carboxylic acids is 1. The SMILES string of the molecule is CN1CCN(CCNC(=O)[C@@H]2CC=CC[C@@H]2C(=O)O)CC1. The van der Waals surface area contributed by atoms with Crippen LogP contribution in [-0.4, -0.2) is 73.1 Å². The Morgan fingerprint density at radius 1 is 1.14 bits per heavy atom. The molecule has 0 unspecified atom stereocenters. The van der Waals surface area contributed by atoms with Crippen LogP contribution in [0, 0.1) is 11.8 Å². The first kappa shape index (κ1) is 16.0. The number of carboxylic acid groups (broad SMARTS) is 1. The molecule has 0 bridgehead atoms. The number of piperazine rings is 1. The second kappa shape index (κ2) is 7.56. The normalized spacial score (nSPS) is 27.5. The Bertz CT molecular complexity index is 403. The molecule has 0 saturated carbocycles. The summed E-state index contributed by atoms with van der Waals surface area (Å²) in [5.74, 6) is -2.02. The zero-order chi connectivity index (χ0) is 15.2. The van der Waals surface area contributed by atoms with Crippen molar-refractivity contribution in [2.24, 2.45) is 11.8 Å². The molecule has 2 aliphatic rings. The van der Waals surface area contributed by atoms with Gasteiger partial charge in [0.1, 0.15) is 0 Å². The topological polar surface area (TPSA) is 72.9 Å². The molecule has 2 rings (SSSR count). The Morgan fingerprint density at radius 3 is 2.38 bits per heavy atom. The van der Waals surface area contributed by atoms with Crippen molar-refractivity contribution in [2.45, 2.75) is 12.8 Å². The fourth-order valence-corrected chi connectivity index (χ4v) is 2.92. The number of amides is 1. The minimum absolute atomic E-state index is 0.124. The van der Waals surface area contributed by atoms with E-state index in [4.69, 9.17) is 0 Å². The number of carboxylic acids is 1. The van der Waals surface area contributed by atoms with Crippen molar-refractivity contribution in [3.05, 3.63) is 12.2 Å². The van der Waals surface area contributed by atoms with Crippen molar-refractivity contribution in [3.63, 3.8) is 0 Å². The molecule has 0 spiro atoms. The lowest BCUT2D eigenvalue weighted by Gasteiger charge is -2.32. The van der Waals surface area contributed by atoms with Crippen LogP contribution in [0.2, 0.25) is 0 Å². The zero-order valence-corrected chi connectivity index (χ0v) is 12.6. The quantitative estimate of drug-likeness (QED) is 0.700. The number of nitrogens with zero attached hydrogens (tertiary/aromatic N) is 2. The molecule has 21 heavy (non-hydrogen) atoms. The van der Waals surface area contributed by atoms with E-state index in [1.807, 2.05) is 12.2 Å². The van der Waals surface area contributed by atoms with Crippen molar-refractivity contribution in [2.75, 3.05) is 46.3 Å². The van der Waals surface area contributed by atoms with Gasteiger partial charge < -0.3 is 15.3 Å². The van der Waals surface area contributed by atoms with E-state index in [9.17, 15) is 14.7 Å². The van der Waals surface area contributed by atoms with Crippen molar-refractivity contribution in [1.82, 2.24) is 15.1 Å². The summed E-state index contributed by atoms with van der Waals surface area (Å²) in [5.41, 5.74) is 0. The van der Waals surface area contributed by atoms with E-state index in [0.717, 1.165) is 32.7 Å². The van der Waals surface area contributed by atoms with Crippen LogP contribution in [0.3, 0.4) is 0 Å². The highest BCUT2D eigenvalue weighted by atomic mass is 16.4. The third kappa shape index (κ3) is 4.54. The Labute approximate surface area is 125 Å². The first-order chi connectivity index (χ1) is 10.1. The monoisotopic (exact) mass is 295 g/mol. The Hall–Kier alpha value is -1.40. The molecular formula is C15H25N3O3. The molecule has 118 valence electrons. The van der Waals surface area contributed by atoms with Crippen molar-refractivity contribution >= 4 is 11.9 Å². The van der Waals surface area contributed by atoms with Gasteiger partial charge in [-0.2, -0.15) is 0 Å². The predicted octanol–water partition coefficient (Wildman–Crippen LogP) is 0.0170. The summed E-state index contributed by atoms with van der Waals surface area (Å²) in [5, 5.41) is 12.1. The largest absolute Gasteiger partial charge is 0.481 e. The molecule has 0 aromatic carbocycles. The number of hydrogen-bond donors (Lipinski definition) is 2. The smallest absolute Gasteiger partial charge is 0.307 e. The average molecular weight is 295 g/mol. The van der Waals surface area contributed by atoms with Gasteiger partial charge in [-0.3, -0.25) is 14.5 Å². The maximum atomic E-state index is 12.2. The molecular weight excluding hydrogens is 270 g/mol. The lowest BCUT2D eigenvalue weighted by Crippen LogP contribution is -2.47. The molecule has 1 amide bonds. The molecule has 1 heterocycles. The number of nitrogens with one attached hydrogen (secondary N) is 1. The van der Waals surface area contributed by atoms with E-state index in [1.54, 1.807) is 0 Å². The van der Waals surface area contributed by atoms with Gasteiger partial charge in [0.2, 0.25) is 5.91 Å². The van der Waals surface area contributed by atoms with E-state index in [1.165, 1.54) is 0 Å². The third-order valence-electron chi connectivity index (χ3n) is 4.41. The summed E-state index contributed by atoms with van der Waals surface area (Å²) >= 11 is 0. The second-order valence-corrected chi connectivity index (χ2v) is 5.93. The van der Waals surface area contributed by atoms with Gasteiger partial charge >= 0.3 is 5.97 Å². The van der Waals surface area contributed by atoms with Crippen LogP contribution in [0.5, 0.6) is 0 Å². The molecule has 0 aromatic heterocycles. The molecule has 1 saturated heterocycles. The van der Waals surface area contributed by atoms with E-state index in [2.05, 4.69) is 22.2 Å². The summed E-state index contributed by atoms with van der Waals surface area (Å²) in [4.78, 5) is 28.0. The maximum Gasteiger partial charge on any atom is 0.307 e. The highest BCUT2D eigenvalue weighted by Crippen LogP contribution is 2.25. The van der Waals surface area contributed by atoms with Crippen molar-refractivity contribution in [3.8, 4) is 0 Å². The van der Waals surface area contributed by atoms with E-state index in [-0.39, 0.29) is 5.91 Å². The molecule has 0 radical (unpaired) electrons. The second-order valence-electron chi connectivity index (χ2n) is 5.93. The van der Waals surface area contributed by atoms with Gasteiger partial charge in [0.25, 0.3) is 0 Å². The number of hydrogen-bond acceptors (Lipinski definition) is 4. The first-order valence-corrected chi connectivity index (χ1v) is 7.64.